The first-order valence-corrected chi connectivity index (χ1v) is 44.7. The summed E-state index contributed by atoms with van der Waals surface area (Å²) >= 11 is 0.523. The molecule has 15 amide bonds. The number of nitrogens with one attached hydrogen (secondary N) is 10. The molecule has 6 aromatic rings. The van der Waals surface area contributed by atoms with Gasteiger partial charge < -0.3 is 114 Å². The van der Waals surface area contributed by atoms with Crippen molar-refractivity contribution in [2.75, 3.05) is 52.3 Å². The van der Waals surface area contributed by atoms with Gasteiger partial charge in [0.25, 0.3) is 0 Å². The molecular formula is C91H111F3N16O24S. The lowest BCUT2D eigenvalue weighted by molar-refractivity contribution is -0.152. The number of nitrogens with two attached hydrogens (primary N) is 1. The number of thioether (sulfide) groups is 1. The number of nitrogens with zero attached hydrogens (tertiary/aromatic N) is 5. The molecule has 0 saturated carbocycles. The van der Waals surface area contributed by atoms with Crippen molar-refractivity contribution in [2.45, 2.75) is 201 Å². The van der Waals surface area contributed by atoms with Crippen LogP contribution in [-0.4, -0.2) is 310 Å². The van der Waals surface area contributed by atoms with Gasteiger partial charge in [0.05, 0.1) is 37.3 Å². The highest BCUT2D eigenvalue weighted by molar-refractivity contribution is 8.00. The topological polar surface area (TPSA) is 595 Å². The lowest BCUT2D eigenvalue weighted by atomic mass is 9.98. The molecule has 135 heavy (non-hydrogen) atoms. The quantitative estimate of drug-likeness (QED) is 0.0326. The Balaban J connectivity index is 1.15. The summed E-state index contributed by atoms with van der Waals surface area (Å²) < 4.78 is 45.0. The number of carbonyl (C=O) groups excluding carboxylic acids is 15. The summed E-state index contributed by atoms with van der Waals surface area (Å²) in [4.78, 5) is 269. The molecule has 40 nitrogen and oxygen atoms in total. The number of para-hydroxylation sites is 1. The number of fused-ring (bicyclic) bond motifs is 3. The fraction of sp³-hybridized carbons (Fsp3) is 0.451. The lowest BCUT2D eigenvalue weighted by Gasteiger charge is -2.38. The smallest absolute Gasteiger partial charge is 0.305 e. The number of carboxylic acid groups (broad SMARTS) is 3. The number of amides is 15. The average molecular weight is 1900 g/mol. The number of aliphatic carboxylic acids is 3. The van der Waals surface area contributed by atoms with E-state index in [4.69, 9.17) is 5.73 Å². The zero-order valence-electron chi connectivity index (χ0n) is 74.7. The minimum Gasteiger partial charge on any atom is -0.508 e. The molecular weight excluding hydrogens is 1790 g/mol. The highest BCUT2D eigenvalue weighted by atomic mass is 32.2. The van der Waals surface area contributed by atoms with Crippen molar-refractivity contribution >= 4 is 129 Å². The van der Waals surface area contributed by atoms with Gasteiger partial charge in [0.2, 0.25) is 88.6 Å². The van der Waals surface area contributed by atoms with Gasteiger partial charge in [0, 0.05) is 108 Å². The van der Waals surface area contributed by atoms with Crippen LogP contribution in [0.3, 0.4) is 0 Å². The van der Waals surface area contributed by atoms with Crippen LogP contribution in [0.4, 0.5) is 13.2 Å². The first kappa shape index (κ1) is 105. The number of primary amides is 1. The molecule has 15 atom stereocenters. The van der Waals surface area contributed by atoms with Crippen molar-refractivity contribution in [3.63, 3.8) is 0 Å². The number of aromatic hydroxyl groups is 1. The Morgan fingerprint density at radius 1 is 0.496 bits per heavy atom. The number of benzene rings is 5. The van der Waals surface area contributed by atoms with Gasteiger partial charge in [-0.15, -0.1) is 11.8 Å². The predicted molar refractivity (Wildman–Crippen MR) is 477 cm³/mol. The second-order valence-corrected chi connectivity index (χ2v) is 34.8. The van der Waals surface area contributed by atoms with Gasteiger partial charge in [-0.25, -0.2) is 13.2 Å². The molecule has 4 heterocycles. The van der Waals surface area contributed by atoms with Crippen LogP contribution in [0.15, 0.2) is 128 Å². The fourth-order valence-corrected chi connectivity index (χ4v) is 17.0. The lowest BCUT2D eigenvalue weighted by Crippen LogP contribution is -2.62. The monoisotopic (exact) mass is 1900 g/mol. The Bertz CT molecular complexity index is 5330. The Morgan fingerprint density at radius 3 is 1.53 bits per heavy atom. The van der Waals surface area contributed by atoms with Crippen molar-refractivity contribution in [1.82, 2.24) is 77.3 Å². The van der Waals surface area contributed by atoms with Gasteiger partial charge >= 0.3 is 17.9 Å². The zero-order chi connectivity index (χ0) is 98.9. The van der Waals surface area contributed by atoms with Crippen LogP contribution in [0.25, 0.3) is 10.9 Å². The number of carboxylic acids is 3. The van der Waals surface area contributed by atoms with E-state index in [1.165, 1.54) is 51.4 Å². The van der Waals surface area contributed by atoms with Crippen molar-refractivity contribution < 1.29 is 130 Å². The van der Waals surface area contributed by atoms with E-state index in [0.717, 1.165) is 38.6 Å². The summed E-state index contributed by atoms with van der Waals surface area (Å²) in [5.74, 6) is -30.6. The number of carbonyl (C=O) groups is 18. The molecule has 1 aromatic heterocycles. The zero-order valence-corrected chi connectivity index (χ0v) is 75.5. The average Bonchev–Trinajstić information content (AvgIpc) is 1.68. The minimum absolute atomic E-state index is 0.174. The van der Waals surface area contributed by atoms with Gasteiger partial charge in [0.15, 0.2) is 17.5 Å². The van der Waals surface area contributed by atoms with Gasteiger partial charge in [-0.2, -0.15) is 0 Å². The molecule has 0 radical (unpaired) electrons. The van der Waals surface area contributed by atoms with Gasteiger partial charge in [-0.05, 0) is 76.9 Å². The van der Waals surface area contributed by atoms with Crippen molar-refractivity contribution in [2.24, 2.45) is 11.7 Å². The maximum absolute atomic E-state index is 15.7. The molecule has 5 aromatic carbocycles. The van der Waals surface area contributed by atoms with E-state index in [2.05, 4.69) is 52.8 Å². The maximum atomic E-state index is 15.7. The second-order valence-electron chi connectivity index (χ2n) is 33.8. The Morgan fingerprint density at radius 2 is 0.978 bits per heavy atom. The molecule has 0 unspecified atom stereocenters. The maximum Gasteiger partial charge on any atom is 0.305 e. The third-order valence-electron chi connectivity index (χ3n) is 23.4. The number of unbranched alkanes of at least 4 members (excludes halogenated alkanes) is 1. The standard InChI is InChI=1S/C91H111F3N16O24S/c1-7-8-23-67-90(133)110-44-55(113)38-70(110)86(129)103-64(40-76(120)121)83(126)105-78(47(2)3)91(134)107(5)68(34-48-17-11-9-12-18-48)84(127)99-60(28-29-74(116)117)88(131)109-43-54(112)37-69(109)85(128)102-62(36-52-41-96-59-22-16-15-21-56(52)59)81(124)100-61(32-50-24-26-53(111)27-25-50)80(123)101-63(39-75(118)119)82(125)104-66(79(122)97-42-72(95)114)45-135-46-73(115)98-65(33-51-30-57(92)77(94)58(93)31-51)87(130)108(6)71(89(132)106(67)4)35-49-19-13-10-14-20-49/h9-22,24-27,30-31,41,47,54-55,60-71,78,96,111-113H,7-8,23,28-29,32-40,42-46H2,1-6H3,(H2,95,114)(H,97,122)(H,98,115)(H,99,127)(H,100,124)(H,101,123)(H,102,128)(H,103,129)(H,104,125)(H,105,126)(H,116,117)(H,118,119)(H,120,121)/t54-,55-,60+,61+,62+,63+,64+,65+,66+,67+,68+,69-,70-,71+,78+/m1/s1. The van der Waals surface area contributed by atoms with Crippen LogP contribution in [-0.2, 0) is 118 Å². The molecule has 726 valence electrons. The van der Waals surface area contributed by atoms with Gasteiger partial charge in [-0.3, -0.25) is 86.3 Å². The highest BCUT2D eigenvalue weighted by Crippen LogP contribution is 2.29. The van der Waals surface area contributed by atoms with Gasteiger partial charge in [-0.1, -0.05) is 125 Å². The number of aromatic amines is 1. The van der Waals surface area contributed by atoms with E-state index < -0.39 is 315 Å². The summed E-state index contributed by atoms with van der Waals surface area (Å²) in [6.07, 6.45) is -8.88. The molecule has 18 N–H and O–H groups in total. The Hall–Kier alpha value is -14.0. The number of rotatable bonds is 24. The van der Waals surface area contributed by atoms with E-state index in [9.17, 15) is 78.2 Å². The van der Waals surface area contributed by atoms with E-state index in [1.807, 2.05) is 0 Å². The van der Waals surface area contributed by atoms with Crippen LogP contribution in [0.5, 0.6) is 5.75 Å². The molecule has 0 aliphatic carbocycles. The molecule has 44 heteroatoms. The third-order valence-corrected chi connectivity index (χ3v) is 24.4. The molecule has 3 saturated heterocycles. The number of hydrogen-bond donors (Lipinski definition) is 17. The molecule has 9 rings (SSSR count). The summed E-state index contributed by atoms with van der Waals surface area (Å²) in [5, 5.41) is 86.3. The second kappa shape index (κ2) is 48.6. The SMILES string of the molecule is CCCC[C@H]1C(=O)N2C[C@H](O)C[C@@H]2C(=O)N[C@@H](CC(=O)O)C(=O)N[C@@H](C(C)C)C(=O)N(C)[C@@H](Cc2ccccc2)C(=O)N[C@@H](CCC(=O)O)C(=O)N2C[C@H](O)C[C@@H]2C(=O)N[C@@H](Cc2c[nH]c3ccccc23)C(=O)N[C@@H](Cc2ccc(O)cc2)C(=O)N[C@@H](CC(=O)O)C(=O)N[C@H](C(=O)NCC(N)=O)CSCC(=O)N[C@@H](Cc2cc(F)c(F)c(F)c2)C(=O)N(C)[C@@H](Cc2ccccc2)C(=O)N1C. The normalized spacial score (nSPS) is 24.4. The van der Waals surface area contributed by atoms with E-state index in [0.29, 0.717) is 57.9 Å². The predicted octanol–water partition coefficient (Wildman–Crippen LogP) is -0.904. The van der Waals surface area contributed by atoms with Crippen LogP contribution in [0.2, 0.25) is 0 Å². The van der Waals surface area contributed by atoms with Crippen LogP contribution in [0.1, 0.15) is 106 Å². The third kappa shape index (κ3) is 29.0. The number of phenolic OH excluding ortho intramolecular Hbond substituents is 1. The number of hydrogen-bond acceptors (Lipinski definition) is 22. The summed E-state index contributed by atoms with van der Waals surface area (Å²) in [5.41, 5.74) is 6.77. The van der Waals surface area contributed by atoms with Crippen LogP contribution in [0, 0.1) is 23.4 Å². The van der Waals surface area contributed by atoms with Crippen molar-refractivity contribution in [3.8, 4) is 5.75 Å². The highest BCUT2D eigenvalue weighted by Gasteiger charge is 2.49. The van der Waals surface area contributed by atoms with E-state index >= 15 is 51.9 Å². The number of phenols is 1. The Labute approximate surface area is 776 Å². The summed E-state index contributed by atoms with van der Waals surface area (Å²) in [6, 6.07) is 4.60. The number of halogens is 3. The first-order valence-electron chi connectivity index (χ1n) is 43.5. The van der Waals surface area contributed by atoms with E-state index in [1.54, 1.807) is 91.9 Å². The number of aromatic nitrogens is 1. The van der Waals surface area contributed by atoms with Crippen LogP contribution >= 0.6 is 11.8 Å². The molecule has 0 bridgehead atoms. The Kier molecular flexibility index (Phi) is 37.7. The van der Waals surface area contributed by atoms with Crippen molar-refractivity contribution in [3.05, 3.63) is 173 Å². The fourth-order valence-electron chi connectivity index (χ4n) is 16.2. The minimum atomic E-state index is -2.22. The number of likely N-dealkylation sites (N-methyl/N-ethyl adjacent to an activating group) is 3. The largest absolute Gasteiger partial charge is 0.508 e. The first-order chi connectivity index (χ1) is 64.0. The van der Waals surface area contributed by atoms with Gasteiger partial charge in [0.1, 0.15) is 84.3 Å². The molecule has 3 aliphatic rings. The molecule has 0 spiro atoms. The summed E-state index contributed by atoms with van der Waals surface area (Å²) in [7, 11) is 3.46. The number of aliphatic hydroxyl groups excluding tert-OH is 2. The van der Waals surface area contributed by atoms with Crippen molar-refractivity contribution in [1.29, 1.82) is 0 Å². The van der Waals surface area contributed by atoms with E-state index in [-0.39, 0.29) is 37.0 Å². The molecule has 3 fully saturated rings. The summed E-state index contributed by atoms with van der Waals surface area (Å²) in [6.45, 7) is 2.51. The van der Waals surface area contributed by atoms with Crippen LogP contribution < -0.4 is 53.6 Å². The molecule has 3 aliphatic heterocycles. The number of aliphatic hydroxyl groups is 2. The number of H-pyrrole nitrogens is 1.